The number of rotatable bonds is 5. The summed E-state index contributed by atoms with van der Waals surface area (Å²) in [5, 5.41) is 4.38. The second kappa shape index (κ2) is 6.45. The zero-order chi connectivity index (χ0) is 15.4. The molecule has 1 aromatic heterocycles. The summed E-state index contributed by atoms with van der Waals surface area (Å²) >= 11 is 0. The summed E-state index contributed by atoms with van der Waals surface area (Å²) in [6, 6.07) is 17.7. The second-order valence-electron chi connectivity index (χ2n) is 5.09. The summed E-state index contributed by atoms with van der Waals surface area (Å²) in [7, 11) is 0. The fourth-order valence-corrected chi connectivity index (χ4v) is 2.40. The molecule has 0 atom stereocenters. The topological polar surface area (TPSA) is 60.2 Å². The van der Waals surface area contributed by atoms with Gasteiger partial charge in [0.05, 0.1) is 0 Å². The first-order valence-electron chi connectivity index (χ1n) is 7.35. The van der Waals surface area contributed by atoms with Gasteiger partial charge in [0.2, 0.25) is 0 Å². The van der Waals surface area contributed by atoms with Gasteiger partial charge in [-0.2, -0.15) is 0 Å². The number of hydrogen-bond acceptors (Lipinski definition) is 4. The lowest BCUT2D eigenvalue weighted by Crippen LogP contribution is -2.13. The van der Waals surface area contributed by atoms with E-state index in [1.54, 1.807) is 0 Å². The van der Waals surface area contributed by atoms with Gasteiger partial charge in [0.25, 0.3) is 0 Å². The number of para-hydroxylation sites is 2. The molecule has 0 amide bonds. The van der Waals surface area contributed by atoms with Gasteiger partial charge >= 0.3 is 0 Å². The van der Waals surface area contributed by atoms with Crippen LogP contribution in [0.25, 0.3) is 10.9 Å². The van der Waals surface area contributed by atoms with Gasteiger partial charge in [0, 0.05) is 29.9 Å². The molecule has 0 aliphatic heterocycles. The molecule has 3 rings (SSSR count). The van der Waals surface area contributed by atoms with Crippen LogP contribution in [0.1, 0.15) is 5.69 Å². The largest absolute Gasteiger partial charge is 0.455 e. The van der Waals surface area contributed by atoms with Gasteiger partial charge in [-0.05, 0) is 31.2 Å². The Balaban J connectivity index is 2.06. The van der Waals surface area contributed by atoms with Gasteiger partial charge in [-0.1, -0.05) is 30.3 Å². The number of nitrogens with one attached hydrogen (secondary N) is 1. The molecule has 0 radical (unpaired) electrons. The fraction of sp³-hybridized carbons (Fsp3) is 0.167. The van der Waals surface area contributed by atoms with Gasteiger partial charge in [0.1, 0.15) is 11.3 Å². The molecule has 0 saturated heterocycles. The number of hydrogen-bond donors (Lipinski definition) is 2. The minimum absolute atomic E-state index is 0.586. The molecule has 1 heterocycles. The van der Waals surface area contributed by atoms with Crippen molar-refractivity contribution in [2.75, 3.05) is 18.4 Å². The summed E-state index contributed by atoms with van der Waals surface area (Å²) in [5.74, 6) is 1.55. The smallest absolute Gasteiger partial charge is 0.153 e. The van der Waals surface area contributed by atoms with E-state index in [1.165, 1.54) is 0 Å². The molecule has 0 unspecified atom stereocenters. The third-order valence-electron chi connectivity index (χ3n) is 3.36. The Morgan fingerprint density at radius 1 is 1.09 bits per heavy atom. The lowest BCUT2D eigenvalue weighted by atomic mass is 10.1. The number of nitrogens with zero attached hydrogens (tertiary/aromatic N) is 1. The van der Waals surface area contributed by atoms with Crippen molar-refractivity contribution in [3.63, 3.8) is 0 Å². The fourth-order valence-electron chi connectivity index (χ4n) is 2.40. The van der Waals surface area contributed by atoms with Crippen molar-refractivity contribution in [1.82, 2.24) is 4.98 Å². The highest BCUT2D eigenvalue weighted by Gasteiger charge is 2.09. The van der Waals surface area contributed by atoms with E-state index in [2.05, 4.69) is 10.3 Å². The third kappa shape index (κ3) is 3.02. The minimum atomic E-state index is 0.586. The molecule has 0 aliphatic carbocycles. The molecule has 112 valence electrons. The van der Waals surface area contributed by atoms with E-state index in [9.17, 15) is 0 Å². The molecule has 0 spiro atoms. The average Bonchev–Trinajstić information content (AvgIpc) is 2.54. The molecule has 4 nitrogen and oxygen atoms in total. The van der Waals surface area contributed by atoms with Crippen LogP contribution in [0.2, 0.25) is 0 Å². The number of aromatic nitrogens is 1. The number of ether oxygens (including phenoxy) is 1. The van der Waals surface area contributed by atoms with E-state index in [4.69, 9.17) is 10.5 Å². The molecule has 3 aromatic rings. The second-order valence-corrected chi connectivity index (χ2v) is 5.09. The maximum Gasteiger partial charge on any atom is 0.153 e. The Hall–Kier alpha value is -2.59. The predicted octanol–water partition coefficient (Wildman–Crippen LogP) is 3.71. The van der Waals surface area contributed by atoms with Crippen molar-refractivity contribution in [2.24, 2.45) is 5.73 Å². The Bertz CT molecular complexity index is 772. The van der Waals surface area contributed by atoms with Crippen molar-refractivity contribution in [3.8, 4) is 11.5 Å². The Morgan fingerprint density at radius 2 is 1.91 bits per heavy atom. The van der Waals surface area contributed by atoms with Gasteiger partial charge in [-0.25, -0.2) is 4.98 Å². The van der Waals surface area contributed by atoms with E-state index in [0.717, 1.165) is 40.3 Å². The Labute approximate surface area is 129 Å². The highest BCUT2D eigenvalue weighted by atomic mass is 16.5. The summed E-state index contributed by atoms with van der Waals surface area (Å²) in [6.07, 6.45) is 0. The van der Waals surface area contributed by atoms with Gasteiger partial charge < -0.3 is 15.8 Å². The zero-order valence-electron chi connectivity index (χ0n) is 12.5. The van der Waals surface area contributed by atoms with Crippen LogP contribution in [-0.4, -0.2) is 18.1 Å². The number of fused-ring (bicyclic) bond motifs is 1. The summed E-state index contributed by atoms with van der Waals surface area (Å²) in [4.78, 5) is 4.64. The monoisotopic (exact) mass is 293 g/mol. The lowest BCUT2D eigenvalue weighted by Gasteiger charge is -2.13. The van der Waals surface area contributed by atoms with Crippen molar-refractivity contribution >= 4 is 16.6 Å². The summed E-state index contributed by atoms with van der Waals surface area (Å²) in [6.45, 7) is 3.29. The van der Waals surface area contributed by atoms with Crippen LogP contribution >= 0.6 is 0 Å². The predicted molar refractivity (Wildman–Crippen MR) is 90.5 cm³/mol. The Morgan fingerprint density at radius 3 is 2.68 bits per heavy atom. The molecule has 3 N–H and O–H groups in total. The van der Waals surface area contributed by atoms with E-state index in [0.29, 0.717) is 6.54 Å². The van der Waals surface area contributed by atoms with Crippen LogP contribution in [0.4, 0.5) is 5.69 Å². The van der Waals surface area contributed by atoms with E-state index in [-0.39, 0.29) is 0 Å². The standard InChI is InChI=1S/C18H19N3O/c1-13-12-16(20-11-10-19)15-8-5-9-17(18(15)21-13)22-14-6-3-2-4-7-14/h2-9,12H,10-11,19H2,1H3,(H,20,21). The molecule has 0 bridgehead atoms. The molecule has 4 heteroatoms. The van der Waals surface area contributed by atoms with Crippen LogP contribution in [0, 0.1) is 6.92 Å². The highest BCUT2D eigenvalue weighted by Crippen LogP contribution is 2.32. The molecular formula is C18H19N3O. The first-order valence-corrected chi connectivity index (χ1v) is 7.35. The summed E-state index contributed by atoms with van der Waals surface area (Å²) in [5.41, 5.74) is 8.42. The van der Waals surface area contributed by atoms with Gasteiger partial charge in [-0.15, -0.1) is 0 Å². The highest BCUT2D eigenvalue weighted by molar-refractivity contribution is 5.95. The van der Waals surface area contributed by atoms with E-state index < -0.39 is 0 Å². The van der Waals surface area contributed by atoms with Crippen LogP contribution in [0.15, 0.2) is 54.6 Å². The van der Waals surface area contributed by atoms with Crippen LogP contribution in [-0.2, 0) is 0 Å². The number of anilines is 1. The Kier molecular flexibility index (Phi) is 4.21. The average molecular weight is 293 g/mol. The number of aryl methyl sites for hydroxylation is 1. The van der Waals surface area contributed by atoms with Crippen LogP contribution < -0.4 is 15.8 Å². The molecule has 2 aromatic carbocycles. The molecular weight excluding hydrogens is 274 g/mol. The maximum atomic E-state index is 5.99. The quantitative estimate of drug-likeness (QED) is 0.753. The molecule has 0 aliphatic rings. The van der Waals surface area contributed by atoms with E-state index in [1.807, 2.05) is 61.5 Å². The summed E-state index contributed by atoms with van der Waals surface area (Å²) < 4.78 is 5.99. The molecule has 0 saturated carbocycles. The first-order chi connectivity index (χ1) is 10.8. The van der Waals surface area contributed by atoms with Crippen molar-refractivity contribution in [2.45, 2.75) is 6.92 Å². The third-order valence-corrected chi connectivity index (χ3v) is 3.36. The minimum Gasteiger partial charge on any atom is -0.455 e. The number of nitrogens with two attached hydrogens (primary N) is 1. The number of pyridine rings is 1. The molecule has 0 fully saturated rings. The van der Waals surface area contributed by atoms with E-state index >= 15 is 0 Å². The first kappa shape index (κ1) is 14.4. The zero-order valence-corrected chi connectivity index (χ0v) is 12.5. The maximum absolute atomic E-state index is 5.99. The van der Waals surface area contributed by atoms with Gasteiger partial charge in [-0.3, -0.25) is 0 Å². The van der Waals surface area contributed by atoms with Gasteiger partial charge in [0.15, 0.2) is 5.75 Å². The van der Waals surface area contributed by atoms with Crippen LogP contribution in [0.5, 0.6) is 11.5 Å². The van der Waals surface area contributed by atoms with Crippen LogP contribution in [0.3, 0.4) is 0 Å². The number of benzene rings is 2. The lowest BCUT2D eigenvalue weighted by molar-refractivity contribution is 0.487. The van der Waals surface area contributed by atoms with Crippen molar-refractivity contribution < 1.29 is 4.74 Å². The van der Waals surface area contributed by atoms with Crippen molar-refractivity contribution in [1.29, 1.82) is 0 Å². The normalized spacial score (nSPS) is 10.6. The SMILES string of the molecule is Cc1cc(NCCN)c2cccc(Oc3ccccc3)c2n1. The molecule has 22 heavy (non-hydrogen) atoms. The van der Waals surface area contributed by atoms with Crippen molar-refractivity contribution in [3.05, 3.63) is 60.3 Å².